The Balaban J connectivity index is 1.92. The van der Waals surface area contributed by atoms with E-state index in [0.717, 1.165) is 5.69 Å². The number of nitrogens with zero attached hydrogens (tertiary/aromatic N) is 2. The van der Waals surface area contributed by atoms with Gasteiger partial charge in [0.2, 0.25) is 5.91 Å². The Kier molecular flexibility index (Phi) is 5.28. The minimum absolute atomic E-state index is 0.0871. The van der Waals surface area contributed by atoms with Crippen molar-refractivity contribution in [2.24, 2.45) is 0 Å². The third-order valence-corrected chi connectivity index (χ3v) is 4.80. The van der Waals surface area contributed by atoms with E-state index in [9.17, 15) is 9.59 Å². The van der Waals surface area contributed by atoms with Crippen molar-refractivity contribution in [3.8, 4) is 0 Å². The van der Waals surface area contributed by atoms with E-state index in [2.05, 4.69) is 24.0 Å². The number of carbonyl (C=O) groups is 2. The Hall–Kier alpha value is -1.49. The fraction of sp³-hybridized carbons (Fsp3) is 0.500. The summed E-state index contributed by atoms with van der Waals surface area (Å²) in [7, 11) is 2.04. The average molecular weight is 306 g/mol. The molecule has 1 aliphatic heterocycles. The van der Waals surface area contributed by atoms with Gasteiger partial charge < -0.3 is 9.80 Å². The second-order valence-electron chi connectivity index (χ2n) is 5.53. The summed E-state index contributed by atoms with van der Waals surface area (Å²) in [5.41, 5.74) is 1.14. The Labute approximate surface area is 130 Å². The summed E-state index contributed by atoms with van der Waals surface area (Å²) in [4.78, 5) is 27.3. The first kappa shape index (κ1) is 15.9. The number of hydrogen-bond acceptors (Lipinski definition) is 4. The van der Waals surface area contributed by atoms with Crippen LogP contribution in [0.15, 0.2) is 30.3 Å². The molecule has 1 aliphatic rings. The number of carbonyl (C=O) groups excluding carboxylic acids is 2. The first-order valence-corrected chi connectivity index (χ1v) is 8.08. The van der Waals surface area contributed by atoms with Gasteiger partial charge in [0.05, 0.1) is 0 Å². The van der Waals surface area contributed by atoms with Crippen molar-refractivity contribution < 1.29 is 9.59 Å². The topological polar surface area (TPSA) is 40.6 Å². The molecule has 0 N–H and O–H groups in total. The molecule has 0 radical (unpaired) electrons. The number of amides is 1. The highest BCUT2D eigenvalue weighted by molar-refractivity contribution is 8.14. The summed E-state index contributed by atoms with van der Waals surface area (Å²) in [5.74, 6) is 0.155. The summed E-state index contributed by atoms with van der Waals surface area (Å²) < 4.78 is 0. The van der Waals surface area contributed by atoms with Gasteiger partial charge in [-0.25, -0.2) is 0 Å². The van der Waals surface area contributed by atoms with Gasteiger partial charge in [-0.2, -0.15) is 0 Å². The Bertz CT molecular complexity index is 506. The molecule has 0 saturated carbocycles. The number of rotatable bonds is 5. The van der Waals surface area contributed by atoms with E-state index in [1.807, 2.05) is 30.1 Å². The molecule has 1 amide bonds. The molecule has 1 fully saturated rings. The van der Waals surface area contributed by atoms with Crippen LogP contribution in [0.4, 0.5) is 5.69 Å². The molecule has 0 aliphatic carbocycles. The minimum atomic E-state index is 0.0871. The van der Waals surface area contributed by atoms with Crippen LogP contribution in [0.1, 0.15) is 20.3 Å². The van der Waals surface area contributed by atoms with Crippen molar-refractivity contribution in [2.75, 3.05) is 25.0 Å². The lowest BCUT2D eigenvalue weighted by Crippen LogP contribution is -2.41. The monoisotopic (exact) mass is 306 g/mol. The van der Waals surface area contributed by atoms with Gasteiger partial charge >= 0.3 is 0 Å². The second-order valence-corrected chi connectivity index (χ2v) is 7.01. The van der Waals surface area contributed by atoms with E-state index >= 15 is 0 Å². The molecule has 0 bridgehead atoms. The molecule has 114 valence electrons. The van der Waals surface area contributed by atoms with Crippen LogP contribution < -0.4 is 4.90 Å². The molecular formula is C16H22N2O2S. The standard InChI is InChI=1S/C16H22N2O2S/c1-12(17(3)14-7-5-4-6-8-14)10-18-11-15(9-16(18)20)21-13(2)19/h4-8,12,15H,9-11H2,1-3H3. The molecule has 1 aromatic carbocycles. The molecule has 0 spiro atoms. The average Bonchev–Trinajstić information content (AvgIpc) is 2.78. The second kappa shape index (κ2) is 6.98. The van der Waals surface area contributed by atoms with Crippen LogP contribution in [-0.4, -0.2) is 47.4 Å². The highest BCUT2D eigenvalue weighted by atomic mass is 32.2. The maximum Gasteiger partial charge on any atom is 0.223 e. The SMILES string of the molecule is CC(=O)SC1CC(=O)N(CC(C)N(C)c2ccccc2)C1. The van der Waals surface area contributed by atoms with Crippen molar-refractivity contribution in [1.29, 1.82) is 0 Å². The largest absolute Gasteiger partial charge is 0.370 e. The molecular weight excluding hydrogens is 284 g/mol. The lowest BCUT2D eigenvalue weighted by Gasteiger charge is -2.30. The summed E-state index contributed by atoms with van der Waals surface area (Å²) in [6.45, 7) is 5.05. The van der Waals surface area contributed by atoms with Crippen molar-refractivity contribution in [2.45, 2.75) is 31.6 Å². The van der Waals surface area contributed by atoms with E-state index in [0.29, 0.717) is 19.5 Å². The molecule has 2 atom stereocenters. The van der Waals surface area contributed by atoms with Gasteiger partial charge in [-0.3, -0.25) is 9.59 Å². The van der Waals surface area contributed by atoms with Crippen molar-refractivity contribution in [3.63, 3.8) is 0 Å². The van der Waals surface area contributed by atoms with Gasteiger partial charge in [0.25, 0.3) is 0 Å². The number of hydrogen-bond donors (Lipinski definition) is 0. The third-order valence-electron chi connectivity index (χ3n) is 3.82. The molecule has 5 heteroatoms. The quantitative estimate of drug-likeness (QED) is 0.837. The fourth-order valence-corrected chi connectivity index (χ4v) is 3.53. The fourth-order valence-electron chi connectivity index (χ4n) is 2.59. The molecule has 21 heavy (non-hydrogen) atoms. The molecule has 2 unspecified atom stereocenters. The van der Waals surface area contributed by atoms with Gasteiger partial charge in [-0.15, -0.1) is 0 Å². The van der Waals surface area contributed by atoms with Crippen LogP contribution in [0.5, 0.6) is 0 Å². The Morgan fingerprint density at radius 3 is 2.71 bits per heavy atom. The van der Waals surface area contributed by atoms with E-state index < -0.39 is 0 Å². The Morgan fingerprint density at radius 1 is 1.43 bits per heavy atom. The van der Waals surface area contributed by atoms with Gasteiger partial charge in [0.15, 0.2) is 5.12 Å². The van der Waals surface area contributed by atoms with Gasteiger partial charge in [0.1, 0.15) is 0 Å². The summed E-state index contributed by atoms with van der Waals surface area (Å²) in [6, 6.07) is 10.4. The normalized spacial score (nSPS) is 19.7. The molecule has 1 saturated heterocycles. The smallest absolute Gasteiger partial charge is 0.223 e. The van der Waals surface area contributed by atoms with Crippen LogP contribution in [0, 0.1) is 0 Å². The van der Waals surface area contributed by atoms with Crippen molar-refractivity contribution >= 4 is 28.5 Å². The van der Waals surface area contributed by atoms with E-state index in [-0.39, 0.29) is 22.3 Å². The maximum absolute atomic E-state index is 12.0. The first-order chi connectivity index (χ1) is 9.97. The predicted molar refractivity (Wildman–Crippen MR) is 87.6 cm³/mol. The zero-order valence-corrected chi connectivity index (χ0v) is 13.6. The molecule has 2 rings (SSSR count). The number of anilines is 1. The highest BCUT2D eigenvalue weighted by Crippen LogP contribution is 2.25. The summed E-state index contributed by atoms with van der Waals surface area (Å²) in [5, 5.41) is 0.202. The van der Waals surface area contributed by atoms with Gasteiger partial charge in [-0.1, -0.05) is 30.0 Å². The van der Waals surface area contributed by atoms with Crippen molar-refractivity contribution in [3.05, 3.63) is 30.3 Å². The summed E-state index contributed by atoms with van der Waals surface area (Å²) in [6.07, 6.45) is 0.478. The number of likely N-dealkylation sites (tertiary alicyclic amines) is 1. The minimum Gasteiger partial charge on any atom is -0.370 e. The van der Waals surface area contributed by atoms with Gasteiger partial charge in [0, 0.05) is 50.5 Å². The summed E-state index contributed by atoms with van der Waals surface area (Å²) >= 11 is 1.29. The number of thioether (sulfide) groups is 1. The molecule has 4 nitrogen and oxygen atoms in total. The van der Waals surface area contributed by atoms with Crippen LogP contribution in [0.25, 0.3) is 0 Å². The van der Waals surface area contributed by atoms with Crippen molar-refractivity contribution in [1.82, 2.24) is 4.90 Å². The van der Waals surface area contributed by atoms with Crippen LogP contribution >= 0.6 is 11.8 Å². The molecule has 1 aromatic rings. The zero-order valence-electron chi connectivity index (χ0n) is 12.8. The predicted octanol–water partition coefficient (Wildman–Crippen LogP) is 2.39. The lowest BCUT2D eigenvalue weighted by molar-refractivity contribution is -0.127. The number of benzene rings is 1. The highest BCUT2D eigenvalue weighted by Gasteiger charge is 2.32. The third kappa shape index (κ3) is 4.24. The first-order valence-electron chi connectivity index (χ1n) is 7.20. The van der Waals surface area contributed by atoms with Crippen LogP contribution in [-0.2, 0) is 9.59 Å². The van der Waals surface area contributed by atoms with E-state index in [1.54, 1.807) is 6.92 Å². The Morgan fingerprint density at radius 2 is 2.10 bits per heavy atom. The van der Waals surface area contributed by atoms with Gasteiger partial charge in [-0.05, 0) is 19.1 Å². The number of likely N-dealkylation sites (N-methyl/N-ethyl adjacent to an activating group) is 1. The lowest BCUT2D eigenvalue weighted by atomic mass is 10.2. The van der Waals surface area contributed by atoms with Crippen LogP contribution in [0.3, 0.4) is 0 Å². The van der Waals surface area contributed by atoms with E-state index in [1.165, 1.54) is 11.8 Å². The van der Waals surface area contributed by atoms with Crippen LogP contribution in [0.2, 0.25) is 0 Å². The molecule has 0 aromatic heterocycles. The van der Waals surface area contributed by atoms with E-state index in [4.69, 9.17) is 0 Å². The number of para-hydroxylation sites is 1. The molecule has 1 heterocycles. The zero-order chi connectivity index (χ0) is 15.4. The maximum atomic E-state index is 12.0.